The average Bonchev–Trinajstić information content (AvgIpc) is 1.99. The van der Waals surface area contributed by atoms with Gasteiger partial charge in [0.15, 0.2) is 0 Å². The molecule has 0 radical (unpaired) electrons. The number of rotatable bonds is 5. The first-order valence-electron chi connectivity index (χ1n) is 5.94. The predicted molar refractivity (Wildman–Crippen MR) is 66.5 cm³/mol. The monoisotopic (exact) mass is 196 g/mol. The molecule has 0 spiro atoms. The van der Waals surface area contributed by atoms with Crippen molar-refractivity contribution in [3.8, 4) is 0 Å². The standard InChI is InChI=1S/C14H28/c1-12(2)8-7-9-13(3)10-11-14(4,5)6/h8,13H,7,9-11H2,1-6H3/t13-/m0/s1. The summed E-state index contributed by atoms with van der Waals surface area (Å²) in [6.07, 6.45) is 7.69. The van der Waals surface area contributed by atoms with E-state index in [-0.39, 0.29) is 0 Å². The molecule has 0 unspecified atom stereocenters. The first-order chi connectivity index (χ1) is 6.31. The van der Waals surface area contributed by atoms with Crippen LogP contribution in [-0.4, -0.2) is 0 Å². The minimum Gasteiger partial charge on any atom is -0.0859 e. The normalized spacial score (nSPS) is 13.9. The van der Waals surface area contributed by atoms with E-state index in [1.807, 2.05) is 0 Å². The summed E-state index contributed by atoms with van der Waals surface area (Å²) in [6, 6.07) is 0. The maximum Gasteiger partial charge on any atom is -0.0346 e. The van der Waals surface area contributed by atoms with E-state index in [0.717, 1.165) is 5.92 Å². The Morgan fingerprint density at radius 3 is 2.14 bits per heavy atom. The second kappa shape index (κ2) is 6.27. The minimum atomic E-state index is 0.505. The summed E-state index contributed by atoms with van der Waals surface area (Å²) in [5, 5.41) is 0. The highest BCUT2D eigenvalue weighted by Gasteiger charge is 2.11. The fraction of sp³-hybridized carbons (Fsp3) is 0.857. The van der Waals surface area contributed by atoms with Crippen molar-refractivity contribution in [2.75, 3.05) is 0 Å². The van der Waals surface area contributed by atoms with Crippen molar-refractivity contribution in [3.63, 3.8) is 0 Å². The zero-order chi connectivity index (χ0) is 11.2. The smallest absolute Gasteiger partial charge is 0.0346 e. The molecule has 0 heterocycles. The first-order valence-corrected chi connectivity index (χ1v) is 5.94. The summed E-state index contributed by atoms with van der Waals surface area (Å²) in [6.45, 7) is 13.7. The van der Waals surface area contributed by atoms with Crippen molar-refractivity contribution < 1.29 is 0 Å². The second-order valence-corrected chi connectivity index (χ2v) is 6.06. The molecule has 84 valence electrons. The molecule has 0 aromatic carbocycles. The maximum absolute atomic E-state index is 2.38. The Morgan fingerprint density at radius 2 is 1.71 bits per heavy atom. The summed E-state index contributed by atoms with van der Waals surface area (Å²) < 4.78 is 0. The molecule has 0 fully saturated rings. The minimum absolute atomic E-state index is 0.505. The van der Waals surface area contributed by atoms with E-state index in [0.29, 0.717) is 5.41 Å². The van der Waals surface area contributed by atoms with E-state index < -0.39 is 0 Å². The highest BCUT2D eigenvalue weighted by atomic mass is 14.2. The Bertz CT molecular complexity index is 165. The molecule has 0 N–H and O–H groups in total. The van der Waals surface area contributed by atoms with Crippen LogP contribution in [0.15, 0.2) is 11.6 Å². The van der Waals surface area contributed by atoms with E-state index in [4.69, 9.17) is 0 Å². The molecule has 0 aromatic heterocycles. The van der Waals surface area contributed by atoms with Gasteiger partial charge >= 0.3 is 0 Å². The molecule has 0 saturated heterocycles. The van der Waals surface area contributed by atoms with Crippen LogP contribution in [0.4, 0.5) is 0 Å². The topological polar surface area (TPSA) is 0 Å². The Kier molecular flexibility index (Phi) is 6.15. The molecule has 1 atom stereocenters. The SMILES string of the molecule is CC(C)=CCC[C@H](C)CCC(C)(C)C. The molecule has 0 rings (SSSR count). The fourth-order valence-electron chi connectivity index (χ4n) is 1.48. The largest absolute Gasteiger partial charge is 0.0859 e. The molecule has 0 aromatic rings. The van der Waals surface area contributed by atoms with Gasteiger partial charge in [0.25, 0.3) is 0 Å². The van der Waals surface area contributed by atoms with Crippen LogP contribution in [0, 0.1) is 11.3 Å². The Morgan fingerprint density at radius 1 is 1.14 bits per heavy atom. The fourth-order valence-corrected chi connectivity index (χ4v) is 1.48. The molecule has 0 aliphatic rings. The molecule has 0 amide bonds. The van der Waals surface area contributed by atoms with Crippen molar-refractivity contribution in [1.82, 2.24) is 0 Å². The molecule has 0 saturated carbocycles. The molecule has 0 aliphatic heterocycles. The summed E-state index contributed by atoms with van der Waals surface area (Å²) in [7, 11) is 0. The first kappa shape index (κ1) is 13.7. The van der Waals surface area contributed by atoms with E-state index in [1.165, 1.54) is 31.3 Å². The van der Waals surface area contributed by atoms with Gasteiger partial charge in [-0.2, -0.15) is 0 Å². The van der Waals surface area contributed by atoms with Crippen molar-refractivity contribution in [3.05, 3.63) is 11.6 Å². The van der Waals surface area contributed by atoms with Gasteiger partial charge in [-0.1, -0.05) is 45.8 Å². The zero-order valence-corrected chi connectivity index (χ0v) is 11.0. The average molecular weight is 196 g/mol. The van der Waals surface area contributed by atoms with Gasteiger partial charge in [-0.25, -0.2) is 0 Å². The molecule has 0 nitrogen and oxygen atoms in total. The lowest BCUT2D eigenvalue weighted by molar-refractivity contribution is 0.324. The van der Waals surface area contributed by atoms with Gasteiger partial charge in [0, 0.05) is 0 Å². The zero-order valence-electron chi connectivity index (χ0n) is 11.0. The number of hydrogen-bond acceptors (Lipinski definition) is 0. The lowest BCUT2D eigenvalue weighted by Crippen LogP contribution is -2.07. The third-order valence-electron chi connectivity index (χ3n) is 2.60. The van der Waals surface area contributed by atoms with Crippen LogP contribution in [-0.2, 0) is 0 Å². The molecule has 0 heteroatoms. The number of allylic oxidation sites excluding steroid dienone is 2. The highest BCUT2D eigenvalue weighted by Crippen LogP contribution is 2.25. The van der Waals surface area contributed by atoms with Gasteiger partial charge in [0.1, 0.15) is 0 Å². The van der Waals surface area contributed by atoms with Gasteiger partial charge in [0.2, 0.25) is 0 Å². The van der Waals surface area contributed by atoms with Crippen LogP contribution >= 0.6 is 0 Å². The van der Waals surface area contributed by atoms with Crippen LogP contribution < -0.4 is 0 Å². The molecule has 0 bridgehead atoms. The van der Waals surface area contributed by atoms with Crippen LogP contribution in [0.3, 0.4) is 0 Å². The van der Waals surface area contributed by atoms with Gasteiger partial charge < -0.3 is 0 Å². The van der Waals surface area contributed by atoms with Crippen molar-refractivity contribution in [2.24, 2.45) is 11.3 Å². The quantitative estimate of drug-likeness (QED) is 0.530. The van der Waals surface area contributed by atoms with Gasteiger partial charge in [-0.15, -0.1) is 0 Å². The van der Waals surface area contributed by atoms with Gasteiger partial charge in [-0.05, 0) is 44.4 Å². The van der Waals surface area contributed by atoms with Crippen LogP contribution in [0.2, 0.25) is 0 Å². The summed E-state index contributed by atoms with van der Waals surface area (Å²) in [5.74, 6) is 0.879. The Labute approximate surface area is 90.8 Å². The summed E-state index contributed by atoms with van der Waals surface area (Å²) >= 11 is 0. The van der Waals surface area contributed by atoms with Crippen LogP contribution in [0.5, 0.6) is 0 Å². The van der Waals surface area contributed by atoms with Gasteiger partial charge in [-0.3, -0.25) is 0 Å². The lowest BCUT2D eigenvalue weighted by Gasteiger charge is -2.20. The predicted octanol–water partition coefficient (Wildman–Crippen LogP) is 5.20. The van der Waals surface area contributed by atoms with E-state index in [2.05, 4.69) is 47.6 Å². The van der Waals surface area contributed by atoms with E-state index in [9.17, 15) is 0 Å². The highest BCUT2D eigenvalue weighted by molar-refractivity contribution is 4.92. The maximum atomic E-state index is 2.38. The van der Waals surface area contributed by atoms with Crippen LogP contribution in [0.25, 0.3) is 0 Å². The molecule has 14 heavy (non-hydrogen) atoms. The summed E-state index contributed by atoms with van der Waals surface area (Å²) in [5.41, 5.74) is 1.96. The summed E-state index contributed by atoms with van der Waals surface area (Å²) in [4.78, 5) is 0. The third-order valence-corrected chi connectivity index (χ3v) is 2.60. The van der Waals surface area contributed by atoms with Crippen molar-refractivity contribution in [1.29, 1.82) is 0 Å². The second-order valence-electron chi connectivity index (χ2n) is 6.06. The Balaban J connectivity index is 3.56. The molecular formula is C14H28. The van der Waals surface area contributed by atoms with Crippen molar-refractivity contribution in [2.45, 2.75) is 67.2 Å². The van der Waals surface area contributed by atoms with E-state index >= 15 is 0 Å². The van der Waals surface area contributed by atoms with Crippen LogP contribution in [0.1, 0.15) is 67.2 Å². The molecular weight excluding hydrogens is 168 g/mol. The third kappa shape index (κ3) is 9.83. The molecule has 0 aliphatic carbocycles. The van der Waals surface area contributed by atoms with Gasteiger partial charge in [0.05, 0.1) is 0 Å². The Hall–Kier alpha value is -0.260. The van der Waals surface area contributed by atoms with Crippen molar-refractivity contribution >= 4 is 0 Å². The van der Waals surface area contributed by atoms with E-state index in [1.54, 1.807) is 0 Å². The number of hydrogen-bond donors (Lipinski definition) is 0. The lowest BCUT2D eigenvalue weighted by atomic mass is 9.86.